The molecule has 1 atom stereocenters. The van der Waals surface area contributed by atoms with Crippen molar-refractivity contribution in [3.63, 3.8) is 0 Å². The Morgan fingerprint density at radius 2 is 1.64 bits per heavy atom. The molecule has 0 saturated heterocycles. The van der Waals surface area contributed by atoms with Crippen molar-refractivity contribution >= 4 is 5.57 Å². The molecule has 0 fully saturated rings. The van der Waals surface area contributed by atoms with Gasteiger partial charge in [-0.2, -0.15) is 26.3 Å². The number of aliphatic hydroxyl groups is 1. The van der Waals surface area contributed by atoms with Crippen molar-refractivity contribution in [3.8, 4) is 11.4 Å². The number of imidazole rings is 1. The molecule has 0 radical (unpaired) electrons. The standard InChI is InChI=1S/C26H21F7N2O/c1-23(2,36)21-15-35(22(34-21)19-8-3-4-9-20(19)26(31,32)33)24(27)12-10-16(11-13-24)17-6-5-7-18(14-17)25(28,29)30/h3-12,14-15,36H,13H2,1-2H3. The average molecular weight is 510 g/mol. The first-order valence-corrected chi connectivity index (χ1v) is 10.8. The molecule has 0 spiro atoms. The number of alkyl halides is 7. The summed E-state index contributed by atoms with van der Waals surface area (Å²) in [5.74, 6) is -2.74. The van der Waals surface area contributed by atoms with Crippen LogP contribution >= 0.6 is 0 Å². The predicted octanol–water partition coefficient (Wildman–Crippen LogP) is 7.48. The van der Waals surface area contributed by atoms with E-state index in [-0.39, 0.29) is 22.6 Å². The summed E-state index contributed by atoms with van der Waals surface area (Å²) in [5, 5.41) is 10.4. The Kier molecular flexibility index (Phi) is 6.15. The largest absolute Gasteiger partial charge is 0.417 e. The van der Waals surface area contributed by atoms with Gasteiger partial charge in [0.05, 0.1) is 16.8 Å². The molecule has 0 amide bonds. The molecule has 0 aliphatic heterocycles. The van der Waals surface area contributed by atoms with Gasteiger partial charge in [0, 0.05) is 18.2 Å². The van der Waals surface area contributed by atoms with E-state index in [1.54, 1.807) is 0 Å². The molecule has 1 aromatic heterocycles. The van der Waals surface area contributed by atoms with E-state index in [0.29, 0.717) is 5.57 Å². The summed E-state index contributed by atoms with van der Waals surface area (Å²) in [5.41, 5.74) is -3.35. The van der Waals surface area contributed by atoms with E-state index >= 15 is 4.39 Å². The van der Waals surface area contributed by atoms with Gasteiger partial charge in [-0.05, 0) is 49.3 Å². The summed E-state index contributed by atoms with van der Waals surface area (Å²) >= 11 is 0. The smallest absolute Gasteiger partial charge is 0.384 e. The highest BCUT2D eigenvalue weighted by atomic mass is 19.4. The third-order valence-electron chi connectivity index (χ3n) is 5.86. The van der Waals surface area contributed by atoms with Crippen molar-refractivity contribution < 1.29 is 35.8 Å². The molecule has 0 saturated carbocycles. The molecule has 0 bridgehead atoms. The molecule has 36 heavy (non-hydrogen) atoms. The summed E-state index contributed by atoms with van der Waals surface area (Å²) < 4.78 is 97.6. The summed E-state index contributed by atoms with van der Waals surface area (Å²) in [6.45, 7) is 2.73. The molecule has 10 heteroatoms. The van der Waals surface area contributed by atoms with Gasteiger partial charge in [0.15, 0.2) is 0 Å². The van der Waals surface area contributed by atoms with E-state index in [2.05, 4.69) is 4.98 Å². The highest BCUT2D eigenvalue weighted by Crippen LogP contribution is 2.42. The number of allylic oxidation sites excluding steroid dienone is 4. The summed E-state index contributed by atoms with van der Waals surface area (Å²) in [6, 6.07) is 9.13. The fraction of sp³-hybridized carbons (Fsp3) is 0.269. The Morgan fingerprint density at radius 3 is 2.22 bits per heavy atom. The van der Waals surface area contributed by atoms with Gasteiger partial charge in [0.2, 0.25) is 5.79 Å². The first-order chi connectivity index (χ1) is 16.6. The molecule has 1 heterocycles. The second kappa shape index (κ2) is 8.62. The minimum absolute atomic E-state index is 0.0486. The Bertz CT molecular complexity index is 1340. The van der Waals surface area contributed by atoms with Gasteiger partial charge in [0.1, 0.15) is 11.4 Å². The van der Waals surface area contributed by atoms with Crippen molar-refractivity contribution in [2.24, 2.45) is 0 Å². The number of hydrogen-bond donors (Lipinski definition) is 1. The molecule has 4 rings (SSSR count). The van der Waals surface area contributed by atoms with Gasteiger partial charge in [-0.1, -0.05) is 42.5 Å². The van der Waals surface area contributed by atoms with E-state index < -0.39 is 41.3 Å². The number of rotatable bonds is 4. The molecular weight excluding hydrogens is 489 g/mol. The fourth-order valence-corrected chi connectivity index (χ4v) is 3.95. The van der Waals surface area contributed by atoms with E-state index in [1.165, 1.54) is 50.3 Å². The number of hydrogen-bond acceptors (Lipinski definition) is 2. The van der Waals surface area contributed by atoms with Crippen molar-refractivity contribution in [2.45, 2.75) is 44.0 Å². The molecule has 3 aromatic rings. The van der Waals surface area contributed by atoms with Crippen LogP contribution in [0.3, 0.4) is 0 Å². The van der Waals surface area contributed by atoms with Crippen LogP contribution in [0.15, 0.2) is 73.0 Å². The lowest BCUT2D eigenvalue weighted by atomic mass is 9.94. The van der Waals surface area contributed by atoms with Crippen LogP contribution in [0.2, 0.25) is 0 Å². The van der Waals surface area contributed by atoms with E-state index in [1.807, 2.05) is 0 Å². The zero-order valence-electron chi connectivity index (χ0n) is 19.1. The Hall–Kier alpha value is -3.40. The van der Waals surface area contributed by atoms with Crippen LogP contribution in [-0.4, -0.2) is 14.7 Å². The minimum Gasteiger partial charge on any atom is -0.384 e. The zero-order valence-corrected chi connectivity index (χ0v) is 19.1. The second-order valence-corrected chi connectivity index (χ2v) is 9.02. The fourth-order valence-electron chi connectivity index (χ4n) is 3.95. The Morgan fingerprint density at radius 1 is 0.944 bits per heavy atom. The highest BCUT2D eigenvalue weighted by molar-refractivity contribution is 5.76. The van der Waals surface area contributed by atoms with Crippen molar-refractivity contribution in [2.75, 3.05) is 0 Å². The van der Waals surface area contributed by atoms with Gasteiger partial charge < -0.3 is 5.11 Å². The molecule has 3 nitrogen and oxygen atoms in total. The first-order valence-electron chi connectivity index (χ1n) is 10.8. The van der Waals surface area contributed by atoms with Gasteiger partial charge in [-0.25, -0.2) is 9.37 Å². The van der Waals surface area contributed by atoms with Gasteiger partial charge in [0.25, 0.3) is 0 Å². The molecular formula is C26H21F7N2O. The number of benzene rings is 2. The maximum atomic E-state index is 16.3. The minimum atomic E-state index is -4.75. The second-order valence-electron chi connectivity index (χ2n) is 9.02. The van der Waals surface area contributed by atoms with Crippen LogP contribution in [0.4, 0.5) is 30.7 Å². The summed E-state index contributed by atoms with van der Waals surface area (Å²) in [6.07, 6.45) is -4.82. The lowest BCUT2D eigenvalue weighted by Crippen LogP contribution is -2.28. The summed E-state index contributed by atoms with van der Waals surface area (Å²) in [4.78, 5) is 4.16. The average Bonchev–Trinajstić information content (AvgIpc) is 3.26. The maximum absolute atomic E-state index is 16.3. The molecule has 1 aliphatic carbocycles. The van der Waals surface area contributed by atoms with E-state index in [0.717, 1.165) is 41.1 Å². The van der Waals surface area contributed by atoms with Crippen molar-refractivity contribution in [1.29, 1.82) is 0 Å². The van der Waals surface area contributed by atoms with Crippen LogP contribution in [0, 0.1) is 0 Å². The Labute approximate surface area is 202 Å². The first kappa shape index (κ1) is 25.7. The zero-order chi connectivity index (χ0) is 26.5. The number of aromatic nitrogens is 2. The van der Waals surface area contributed by atoms with Crippen LogP contribution in [0.1, 0.15) is 42.7 Å². The summed E-state index contributed by atoms with van der Waals surface area (Å²) in [7, 11) is 0. The van der Waals surface area contributed by atoms with Crippen molar-refractivity contribution in [3.05, 3.63) is 95.3 Å². The number of halogens is 7. The Balaban J connectivity index is 1.79. The van der Waals surface area contributed by atoms with Crippen LogP contribution in [0.25, 0.3) is 17.0 Å². The third kappa shape index (κ3) is 4.95. The molecule has 2 aromatic carbocycles. The maximum Gasteiger partial charge on any atom is 0.417 e. The highest BCUT2D eigenvalue weighted by Gasteiger charge is 2.39. The number of nitrogens with zero attached hydrogens (tertiary/aromatic N) is 2. The normalized spacial score (nSPS) is 18.9. The SMILES string of the molecule is CC(C)(O)c1cn(C2(F)C=CC(c3cccc(C(F)(F)F)c3)=CC2)c(-c2ccccc2C(F)(F)F)n1. The van der Waals surface area contributed by atoms with Crippen LogP contribution in [0.5, 0.6) is 0 Å². The van der Waals surface area contributed by atoms with Crippen molar-refractivity contribution in [1.82, 2.24) is 9.55 Å². The molecule has 1 aliphatic rings. The van der Waals surface area contributed by atoms with E-state index in [9.17, 15) is 31.4 Å². The third-order valence-corrected chi connectivity index (χ3v) is 5.86. The lowest BCUT2D eigenvalue weighted by molar-refractivity contribution is -0.138. The van der Waals surface area contributed by atoms with Gasteiger partial charge >= 0.3 is 12.4 Å². The molecule has 190 valence electrons. The van der Waals surface area contributed by atoms with E-state index in [4.69, 9.17) is 0 Å². The van der Waals surface area contributed by atoms with Crippen LogP contribution in [-0.2, 0) is 23.7 Å². The topological polar surface area (TPSA) is 38.0 Å². The van der Waals surface area contributed by atoms with Crippen LogP contribution < -0.4 is 0 Å². The lowest BCUT2D eigenvalue weighted by Gasteiger charge is -2.28. The van der Waals surface area contributed by atoms with Gasteiger partial charge in [-0.15, -0.1) is 0 Å². The molecule has 1 unspecified atom stereocenters. The molecule has 1 N–H and O–H groups in total. The monoisotopic (exact) mass is 510 g/mol. The quantitative estimate of drug-likeness (QED) is 0.370. The predicted molar refractivity (Wildman–Crippen MR) is 120 cm³/mol. The van der Waals surface area contributed by atoms with Gasteiger partial charge in [-0.3, -0.25) is 4.57 Å².